The standard InChI is InChI=1S/C28H20BrNO5/c1-2-15-10-12-18(13-11-15)30-26(33)21-22(27(30)34)28(35-23(21)16-6-5-7-17(29)14-16)24(31)19-8-3-4-9-20(19)25(28)32/h3-14,21-23H,2H2,1H3. The van der Waals surface area contributed by atoms with Crippen LogP contribution in [0.25, 0.3) is 0 Å². The van der Waals surface area contributed by atoms with E-state index >= 15 is 0 Å². The monoisotopic (exact) mass is 529 g/mol. The van der Waals surface area contributed by atoms with Gasteiger partial charge in [0.05, 0.1) is 23.6 Å². The van der Waals surface area contributed by atoms with Crippen LogP contribution >= 0.6 is 15.9 Å². The summed E-state index contributed by atoms with van der Waals surface area (Å²) in [4.78, 5) is 56.4. The number of ketones is 2. The van der Waals surface area contributed by atoms with Crippen LogP contribution < -0.4 is 4.90 Å². The first-order chi connectivity index (χ1) is 16.9. The highest BCUT2D eigenvalue weighted by atomic mass is 79.9. The summed E-state index contributed by atoms with van der Waals surface area (Å²) in [7, 11) is 0. The minimum absolute atomic E-state index is 0.220. The number of Topliss-reactive ketones (excluding diaryl/α,β-unsaturated/α-hetero) is 2. The van der Waals surface area contributed by atoms with Gasteiger partial charge in [-0.25, -0.2) is 4.90 Å². The van der Waals surface area contributed by atoms with Crippen molar-refractivity contribution in [3.05, 3.63) is 99.5 Å². The molecule has 2 aliphatic heterocycles. The molecule has 3 atom stereocenters. The number of imide groups is 1. The molecule has 0 saturated carbocycles. The molecule has 1 spiro atoms. The predicted octanol–water partition coefficient (Wildman–Crippen LogP) is 4.71. The Morgan fingerprint density at radius 2 is 1.51 bits per heavy atom. The Morgan fingerprint density at radius 3 is 2.11 bits per heavy atom. The number of aryl methyl sites for hydroxylation is 1. The highest BCUT2D eigenvalue weighted by Crippen LogP contribution is 2.57. The van der Waals surface area contributed by atoms with Gasteiger partial charge in [-0.1, -0.05) is 71.4 Å². The van der Waals surface area contributed by atoms with E-state index in [2.05, 4.69) is 15.9 Å². The molecule has 3 aromatic rings. The summed E-state index contributed by atoms with van der Waals surface area (Å²) in [6.45, 7) is 2.02. The van der Waals surface area contributed by atoms with Gasteiger partial charge in [0.2, 0.25) is 29.0 Å². The molecule has 0 aromatic heterocycles. The maximum absolute atomic E-state index is 13.9. The zero-order valence-corrected chi connectivity index (χ0v) is 20.3. The molecule has 2 heterocycles. The van der Waals surface area contributed by atoms with Gasteiger partial charge in [0, 0.05) is 15.6 Å². The molecule has 0 N–H and O–H groups in total. The van der Waals surface area contributed by atoms with Crippen molar-refractivity contribution in [2.75, 3.05) is 4.90 Å². The molecule has 3 unspecified atom stereocenters. The van der Waals surface area contributed by atoms with Gasteiger partial charge >= 0.3 is 0 Å². The molecule has 2 saturated heterocycles. The van der Waals surface area contributed by atoms with Gasteiger partial charge in [0.1, 0.15) is 0 Å². The summed E-state index contributed by atoms with van der Waals surface area (Å²) in [5.74, 6) is -4.44. The number of carbonyl (C=O) groups excluding carboxylic acids is 4. The van der Waals surface area contributed by atoms with Crippen LogP contribution in [0.3, 0.4) is 0 Å². The number of nitrogens with zero attached hydrogens (tertiary/aromatic N) is 1. The molecule has 2 fully saturated rings. The molecule has 2 amide bonds. The average Bonchev–Trinajstić information content (AvgIpc) is 3.44. The van der Waals surface area contributed by atoms with Crippen molar-refractivity contribution < 1.29 is 23.9 Å². The quantitative estimate of drug-likeness (QED) is 0.362. The summed E-state index contributed by atoms with van der Waals surface area (Å²) in [5.41, 5.74) is 0.481. The lowest BCUT2D eigenvalue weighted by atomic mass is 9.77. The molecule has 0 bridgehead atoms. The fourth-order valence-corrected chi connectivity index (χ4v) is 6.05. The maximum atomic E-state index is 13.9. The summed E-state index contributed by atoms with van der Waals surface area (Å²) >= 11 is 3.44. The number of hydrogen-bond acceptors (Lipinski definition) is 5. The summed E-state index contributed by atoms with van der Waals surface area (Å²) in [6.07, 6.45) is -0.118. The summed E-state index contributed by atoms with van der Waals surface area (Å²) in [6, 6.07) is 20.8. The lowest BCUT2D eigenvalue weighted by molar-refractivity contribution is -0.127. The number of fused-ring (bicyclic) bond motifs is 3. The van der Waals surface area contributed by atoms with Crippen molar-refractivity contribution >= 4 is 45.0 Å². The maximum Gasteiger partial charge on any atom is 0.241 e. The normalized spacial score (nSPS) is 24.4. The second-order valence-corrected chi connectivity index (χ2v) is 9.98. The van der Waals surface area contributed by atoms with Gasteiger partial charge in [-0.05, 0) is 41.8 Å². The molecule has 6 nitrogen and oxygen atoms in total. The van der Waals surface area contributed by atoms with Crippen LogP contribution in [0.5, 0.6) is 0 Å². The Hall–Kier alpha value is -3.42. The zero-order chi connectivity index (χ0) is 24.5. The van der Waals surface area contributed by atoms with E-state index in [1.807, 2.05) is 25.1 Å². The Labute approximate surface area is 210 Å². The highest BCUT2D eigenvalue weighted by Gasteiger charge is 2.74. The third-order valence-corrected chi connectivity index (χ3v) is 7.79. The fourth-order valence-electron chi connectivity index (χ4n) is 5.64. The van der Waals surface area contributed by atoms with E-state index in [-0.39, 0.29) is 11.1 Å². The molecule has 0 radical (unpaired) electrons. The number of benzene rings is 3. The Morgan fingerprint density at radius 1 is 0.857 bits per heavy atom. The topological polar surface area (TPSA) is 80.8 Å². The Balaban J connectivity index is 1.53. The fraction of sp³-hybridized carbons (Fsp3) is 0.214. The van der Waals surface area contributed by atoms with E-state index in [1.54, 1.807) is 54.6 Å². The van der Waals surface area contributed by atoms with E-state index in [4.69, 9.17) is 4.74 Å². The van der Waals surface area contributed by atoms with Crippen LogP contribution in [0.1, 0.15) is 44.9 Å². The Kier molecular flexibility index (Phi) is 4.92. The minimum atomic E-state index is -2.06. The minimum Gasteiger partial charge on any atom is -0.349 e. The van der Waals surface area contributed by atoms with Crippen LogP contribution in [-0.4, -0.2) is 29.0 Å². The first-order valence-electron chi connectivity index (χ1n) is 11.5. The van der Waals surface area contributed by atoms with Crippen molar-refractivity contribution in [3.8, 4) is 0 Å². The van der Waals surface area contributed by atoms with Gasteiger partial charge in [0.25, 0.3) is 0 Å². The van der Waals surface area contributed by atoms with Crippen LogP contribution in [0.4, 0.5) is 5.69 Å². The number of rotatable bonds is 3. The number of ether oxygens (including phenoxy) is 1. The molecular formula is C28H20BrNO5. The first-order valence-corrected chi connectivity index (χ1v) is 12.3. The van der Waals surface area contributed by atoms with Crippen molar-refractivity contribution in [1.29, 1.82) is 0 Å². The van der Waals surface area contributed by atoms with E-state index in [9.17, 15) is 19.2 Å². The predicted molar refractivity (Wildman–Crippen MR) is 131 cm³/mol. The molecule has 35 heavy (non-hydrogen) atoms. The molecule has 174 valence electrons. The van der Waals surface area contributed by atoms with Gasteiger partial charge < -0.3 is 4.74 Å². The number of carbonyl (C=O) groups is 4. The molecule has 6 rings (SSSR count). The molecule has 3 aliphatic rings. The van der Waals surface area contributed by atoms with Crippen molar-refractivity contribution in [2.24, 2.45) is 11.8 Å². The second kappa shape index (κ2) is 7.80. The largest absolute Gasteiger partial charge is 0.349 e. The van der Waals surface area contributed by atoms with Gasteiger partial charge in [-0.3, -0.25) is 19.2 Å². The van der Waals surface area contributed by atoms with Gasteiger partial charge in [-0.2, -0.15) is 0 Å². The van der Waals surface area contributed by atoms with Crippen LogP contribution in [0, 0.1) is 11.8 Å². The van der Waals surface area contributed by atoms with E-state index in [1.165, 1.54) is 0 Å². The summed E-state index contributed by atoms with van der Waals surface area (Å²) in [5, 5.41) is 0. The zero-order valence-electron chi connectivity index (χ0n) is 18.7. The van der Waals surface area contributed by atoms with Crippen LogP contribution in [0.2, 0.25) is 0 Å². The SMILES string of the molecule is CCc1ccc(N2C(=O)C3C(c4cccc(Br)c4)OC4(C(=O)c5ccccc5C4=O)C3C2=O)cc1. The second-order valence-electron chi connectivity index (χ2n) is 9.07. The molecular weight excluding hydrogens is 510 g/mol. The summed E-state index contributed by atoms with van der Waals surface area (Å²) < 4.78 is 7.06. The smallest absolute Gasteiger partial charge is 0.241 e. The molecule has 3 aromatic carbocycles. The lowest BCUT2D eigenvalue weighted by Crippen LogP contribution is -2.51. The van der Waals surface area contributed by atoms with Crippen molar-refractivity contribution in [1.82, 2.24) is 0 Å². The van der Waals surface area contributed by atoms with Gasteiger partial charge in [0.15, 0.2) is 0 Å². The van der Waals surface area contributed by atoms with Crippen molar-refractivity contribution in [3.63, 3.8) is 0 Å². The third-order valence-electron chi connectivity index (χ3n) is 7.30. The number of anilines is 1. The first kappa shape index (κ1) is 22.1. The lowest BCUT2D eigenvalue weighted by Gasteiger charge is -2.27. The number of hydrogen-bond donors (Lipinski definition) is 0. The van der Waals surface area contributed by atoms with Crippen LogP contribution in [-0.2, 0) is 20.7 Å². The van der Waals surface area contributed by atoms with Gasteiger partial charge in [-0.15, -0.1) is 0 Å². The number of halogens is 1. The van der Waals surface area contributed by atoms with E-state index in [0.29, 0.717) is 11.3 Å². The van der Waals surface area contributed by atoms with Crippen LogP contribution in [0.15, 0.2) is 77.3 Å². The van der Waals surface area contributed by atoms with Crippen molar-refractivity contribution in [2.45, 2.75) is 25.0 Å². The molecule has 1 aliphatic carbocycles. The highest BCUT2D eigenvalue weighted by molar-refractivity contribution is 9.10. The molecule has 7 heteroatoms. The number of amides is 2. The third kappa shape index (κ3) is 2.91. The average molecular weight is 530 g/mol. The van der Waals surface area contributed by atoms with E-state index < -0.39 is 46.9 Å². The van der Waals surface area contributed by atoms with E-state index in [0.717, 1.165) is 21.4 Å². The Bertz CT molecular complexity index is 1390.